The Morgan fingerprint density at radius 2 is 2.04 bits per heavy atom. The van der Waals surface area contributed by atoms with Gasteiger partial charge in [-0.2, -0.15) is 5.10 Å². The molecule has 4 nitrogen and oxygen atoms in total. The van der Waals surface area contributed by atoms with Crippen LogP contribution in [0.25, 0.3) is 5.69 Å². The van der Waals surface area contributed by atoms with Gasteiger partial charge < -0.3 is 5.32 Å². The summed E-state index contributed by atoms with van der Waals surface area (Å²) in [5.41, 5.74) is 1.33. The van der Waals surface area contributed by atoms with Gasteiger partial charge in [-0.15, -0.1) is 0 Å². The molecule has 25 heavy (non-hydrogen) atoms. The van der Waals surface area contributed by atoms with E-state index in [1.165, 1.54) is 10.7 Å². The van der Waals surface area contributed by atoms with Gasteiger partial charge in [0.25, 0.3) is 5.91 Å². The smallest absolute Gasteiger partial charge is 0.273 e. The molecule has 0 saturated carbocycles. The van der Waals surface area contributed by atoms with E-state index in [-0.39, 0.29) is 23.3 Å². The Kier molecular flexibility index (Phi) is 5.20. The van der Waals surface area contributed by atoms with Gasteiger partial charge in [-0.25, -0.2) is 9.07 Å². The summed E-state index contributed by atoms with van der Waals surface area (Å²) < 4.78 is 15.7. The molecular formula is C18H14BrClFN3O. The molecule has 2 aromatic carbocycles. The number of aromatic nitrogens is 2. The van der Waals surface area contributed by atoms with Crippen LogP contribution in [0.5, 0.6) is 0 Å². The summed E-state index contributed by atoms with van der Waals surface area (Å²) in [7, 11) is 0. The van der Waals surface area contributed by atoms with Crippen LogP contribution in [-0.4, -0.2) is 15.7 Å². The molecular weight excluding hydrogens is 409 g/mol. The molecule has 1 heterocycles. The van der Waals surface area contributed by atoms with Crippen molar-refractivity contribution in [3.8, 4) is 5.69 Å². The maximum atomic E-state index is 13.9. The lowest BCUT2D eigenvalue weighted by molar-refractivity contribution is 0.0933. The van der Waals surface area contributed by atoms with Gasteiger partial charge in [0.05, 0.1) is 10.5 Å². The molecule has 0 aliphatic rings. The molecule has 3 aromatic rings. The highest BCUT2D eigenvalue weighted by molar-refractivity contribution is 9.10. The van der Waals surface area contributed by atoms with Crippen molar-refractivity contribution >= 4 is 33.4 Å². The first-order valence-electron chi connectivity index (χ1n) is 7.52. The number of rotatable bonds is 4. The van der Waals surface area contributed by atoms with Crippen LogP contribution in [0.4, 0.5) is 4.39 Å². The van der Waals surface area contributed by atoms with E-state index in [0.717, 1.165) is 5.56 Å². The van der Waals surface area contributed by atoms with Gasteiger partial charge in [0.15, 0.2) is 5.69 Å². The number of hydrogen-bond acceptors (Lipinski definition) is 2. The van der Waals surface area contributed by atoms with Crippen LogP contribution in [0.15, 0.2) is 59.2 Å². The standard InChI is InChI=1S/C18H14BrClFN3O/c1-11(12-5-4-6-13(20)9-12)22-18(25)17-14(19)10-24(23-17)16-8-3-2-7-15(16)21/h2-11H,1H3,(H,22,25)/t11-/m1/s1. The number of halogens is 3. The number of hydrogen-bond donors (Lipinski definition) is 1. The largest absolute Gasteiger partial charge is 0.344 e. The Morgan fingerprint density at radius 3 is 2.76 bits per heavy atom. The molecule has 1 N–H and O–H groups in total. The van der Waals surface area contributed by atoms with Gasteiger partial charge in [-0.1, -0.05) is 35.9 Å². The molecule has 1 atom stereocenters. The van der Waals surface area contributed by atoms with Crippen molar-refractivity contribution in [1.29, 1.82) is 0 Å². The molecule has 3 rings (SSSR count). The normalized spacial score (nSPS) is 12.0. The van der Waals surface area contributed by atoms with E-state index in [0.29, 0.717) is 9.50 Å². The predicted molar refractivity (Wildman–Crippen MR) is 98.6 cm³/mol. The van der Waals surface area contributed by atoms with Gasteiger partial charge in [-0.05, 0) is 52.7 Å². The minimum atomic E-state index is -0.420. The Bertz CT molecular complexity index is 928. The molecule has 1 amide bonds. The third-order valence-electron chi connectivity index (χ3n) is 3.68. The van der Waals surface area contributed by atoms with Crippen LogP contribution in [0.1, 0.15) is 29.0 Å². The van der Waals surface area contributed by atoms with Crippen molar-refractivity contribution in [2.45, 2.75) is 13.0 Å². The Morgan fingerprint density at radius 1 is 1.28 bits per heavy atom. The number of para-hydroxylation sites is 1. The number of amides is 1. The summed E-state index contributed by atoms with van der Waals surface area (Å²) in [5.74, 6) is -0.786. The molecule has 7 heteroatoms. The molecule has 0 aliphatic heterocycles. The second-order valence-electron chi connectivity index (χ2n) is 5.47. The van der Waals surface area contributed by atoms with Crippen molar-refractivity contribution in [2.75, 3.05) is 0 Å². The zero-order valence-electron chi connectivity index (χ0n) is 13.2. The number of nitrogens with one attached hydrogen (secondary N) is 1. The van der Waals surface area contributed by atoms with Gasteiger partial charge in [-0.3, -0.25) is 4.79 Å². The predicted octanol–water partition coefficient (Wildman–Crippen LogP) is 4.92. The molecule has 0 bridgehead atoms. The Labute approximate surface area is 157 Å². The van der Waals surface area contributed by atoms with Crippen LogP contribution < -0.4 is 5.32 Å². The topological polar surface area (TPSA) is 46.9 Å². The monoisotopic (exact) mass is 421 g/mol. The summed E-state index contributed by atoms with van der Waals surface area (Å²) in [4.78, 5) is 12.5. The van der Waals surface area contributed by atoms with Crippen LogP contribution in [0.2, 0.25) is 5.02 Å². The zero-order chi connectivity index (χ0) is 18.0. The van der Waals surface area contributed by atoms with E-state index in [1.807, 2.05) is 19.1 Å². The van der Waals surface area contributed by atoms with Crippen molar-refractivity contribution in [2.24, 2.45) is 0 Å². The lowest BCUT2D eigenvalue weighted by atomic mass is 10.1. The van der Waals surface area contributed by atoms with E-state index >= 15 is 0 Å². The average molecular weight is 423 g/mol. The van der Waals surface area contributed by atoms with Crippen molar-refractivity contribution < 1.29 is 9.18 Å². The van der Waals surface area contributed by atoms with Gasteiger partial charge in [0.2, 0.25) is 0 Å². The highest BCUT2D eigenvalue weighted by Crippen LogP contribution is 2.22. The first kappa shape index (κ1) is 17.6. The molecule has 0 aliphatic carbocycles. The Hall–Kier alpha value is -2.18. The molecule has 0 unspecified atom stereocenters. The van der Waals surface area contributed by atoms with Crippen molar-refractivity contribution in [3.05, 3.63) is 81.3 Å². The summed E-state index contributed by atoms with van der Waals surface area (Å²) in [6, 6.07) is 13.2. The quantitative estimate of drug-likeness (QED) is 0.649. The van der Waals surface area contributed by atoms with Crippen LogP contribution in [0, 0.1) is 5.82 Å². The highest BCUT2D eigenvalue weighted by atomic mass is 79.9. The van der Waals surface area contributed by atoms with E-state index in [9.17, 15) is 9.18 Å². The first-order valence-corrected chi connectivity index (χ1v) is 8.69. The summed E-state index contributed by atoms with van der Waals surface area (Å²) in [5, 5.41) is 7.66. The van der Waals surface area contributed by atoms with Crippen molar-refractivity contribution in [3.63, 3.8) is 0 Å². The van der Waals surface area contributed by atoms with Gasteiger partial charge in [0, 0.05) is 11.2 Å². The minimum absolute atomic E-state index is 0.178. The van der Waals surface area contributed by atoms with Gasteiger partial charge >= 0.3 is 0 Å². The molecule has 0 fully saturated rings. The van der Waals surface area contributed by atoms with Crippen LogP contribution >= 0.6 is 27.5 Å². The molecule has 0 saturated heterocycles. The van der Waals surface area contributed by atoms with Gasteiger partial charge in [0.1, 0.15) is 11.5 Å². The summed E-state index contributed by atoms with van der Waals surface area (Å²) in [6.07, 6.45) is 1.55. The first-order chi connectivity index (χ1) is 12.0. The van der Waals surface area contributed by atoms with Crippen molar-refractivity contribution in [1.82, 2.24) is 15.1 Å². The number of benzene rings is 2. The Balaban J connectivity index is 1.82. The van der Waals surface area contributed by atoms with E-state index in [1.54, 1.807) is 36.5 Å². The molecule has 1 aromatic heterocycles. The second-order valence-corrected chi connectivity index (χ2v) is 6.76. The van der Waals surface area contributed by atoms with Crippen LogP contribution in [-0.2, 0) is 0 Å². The fraction of sp³-hybridized carbons (Fsp3) is 0.111. The fourth-order valence-electron chi connectivity index (χ4n) is 2.39. The number of carbonyl (C=O) groups excluding carboxylic acids is 1. The lowest BCUT2D eigenvalue weighted by Gasteiger charge is -2.13. The SMILES string of the molecule is C[C@@H](NC(=O)c1nn(-c2ccccc2F)cc1Br)c1cccc(Cl)c1. The summed E-state index contributed by atoms with van der Waals surface area (Å²) in [6.45, 7) is 1.85. The lowest BCUT2D eigenvalue weighted by Crippen LogP contribution is -2.27. The third-order valence-corrected chi connectivity index (χ3v) is 4.50. The molecule has 0 spiro atoms. The maximum Gasteiger partial charge on any atom is 0.273 e. The van der Waals surface area contributed by atoms with E-state index in [4.69, 9.17) is 11.6 Å². The molecule has 0 radical (unpaired) electrons. The van der Waals surface area contributed by atoms with E-state index < -0.39 is 5.82 Å². The fourth-order valence-corrected chi connectivity index (χ4v) is 3.04. The summed E-state index contributed by atoms with van der Waals surface area (Å²) >= 11 is 9.29. The number of carbonyl (C=O) groups is 1. The van der Waals surface area contributed by atoms with E-state index in [2.05, 4.69) is 26.3 Å². The third kappa shape index (κ3) is 3.91. The highest BCUT2D eigenvalue weighted by Gasteiger charge is 2.19. The number of nitrogens with zero attached hydrogens (tertiary/aromatic N) is 2. The second kappa shape index (κ2) is 7.37. The zero-order valence-corrected chi connectivity index (χ0v) is 15.6. The maximum absolute atomic E-state index is 13.9. The molecule has 128 valence electrons. The van der Waals surface area contributed by atoms with Crippen LogP contribution in [0.3, 0.4) is 0 Å². The minimum Gasteiger partial charge on any atom is -0.344 e. The average Bonchev–Trinajstić information content (AvgIpc) is 2.97.